The first kappa shape index (κ1) is 14.5. The molecule has 1 N–H and O–H groups in total. The van der Waals surface area contributed by atoms with E-state index >= 15 is 0 Å². The summed E-state index contributed by atoms with van der Waals surface area (Å²) >= 11 is 0. The summed E-state index contributed by atoms with van der Waals surface area (Å²) in [5, 5.41) is 3.20. The van der Waals surface area contributed by atoms with Crippen LogP contribution in [0.5, 0.6) is 5.75 Å². The molecule has 0 saturated heterocycles. The number of hydrogen-bond donors (Lipinski definition) is 1. The van der Waals surface area contributed by atoms with Crippen molar-refractivity contribution in [1.82, 2.24) is 10.3 Å². The molecule has 1 aromatic carbocycles. The Morgan fingerprint density at radius 2 is 2.15 bits per heavy atom. The summed E-state index contributed by atoms with van der Waals surface area (Å²) in [6.07, 6.45) is 2.65. The molecule has 0 aliphatic carbocycles. The van der Waals surface area contributed by atoms with Crippen molar-refractivity contribution < 1.29 is 9.13 Å². The molecule has 0 saturated carbocycles. The lowest BCUT2D eigenvalue weighted by Gasteiger charge is -2.19. The number of pyridine rings is 1. The van der Waals surface area contributed by atoms with Crippen LogP contribution in [0.3, 0.4) is 0 Å². The molecule has 0 amide bonds. The molecule has 0 spiro atoms. The van der Waals surface area contributed by atoms with Gasteiger partial charge in [-0.1, -0.05) is 19.1 Å². The third-order valence-corrected chi connectivity index (χ3v) is 3.38. The largest absolute Gasteiger partial charge is 0.494 e. The Labute approximate surface area is 118 Å². The van der Waals surface area contributed by atoms with Crippen molar-refractivity contribution >= 4 is 0 Å². The molecule has 0 bridgehead atoms. The van der Waals surface area contributed by atoms with Gasteiger partial charge in [0, 0.05) is 6.20 Å². The van der Waals surface area contributed by atoms with Crippen molar-refractivity contribution in [3.63, 3.8) is 0 Å². The molecular weight excluding hydrogens is 255 g/mol. The molecule has 1 atom stereocenters. The summed E-state index contributed by atoms with van der Waals surface area (Å²) in [6.45, 7) is 2.09. The smallest absolute Gasteiger partial charge is 0.165 e. The highest BCUT2D eigenvalue weighted by Crippen LogP contribution is 2.27. The molecule has 0 aliphatic heterocycles. The van der Waals surface area contributed by atoms with E-state index in [1.54, 1.807) is 12.3 Å². The second-order valence-corrected chi connectivity index (χ2v) is 4.52. The van der Waals surface area contributed by atoms with Gasteiger partial charge in [-0.2, -0.15) is 0 Å². The number of halogens is 1. The van der Waals surface area contributed by atoms with Crippen molar-refractivity contribution in [2.24, 2.45) is 0 Å². The lowest BCUT2D eigenvalue weighted by Crippen LogP contribution is -2.20. The molecule has 3 nitrogen and oxygen atoms in total. The Kier molecular flexibility index (Phi) is 4.69. The van der Waals surface area contributed by atoms with E-state index in [2.05, 4.69) is 17.2 Å². The zero-order valence-corrected chi connectivity index (χ0v) is 12.0. The fourth-order valence-corrected chi connectivity index (χ4v) is 2.33. The third-order valence-electron chi connectivity index (χ3n) is 3.38. The molecule has 20 heavy (non-hydrogen) atoms. The van der Waals surface area contributed by atoms with E-state index < -0.39 is 0 Å². The standard InChI is InChI=1S/C16H19FN2O/c1-4-11-6-5-9-19-16(11)15(18-2)12-7-8-14(20-3)13(17)10-12/h5-10,15,18H,4H2,1-3H3. The molecule has 1 unspecified atom stereocenters. The molecule has 2 aromatic rings. The minimum Gasteiger partial charge on any atom is -0.494 e. The Balaban J connectivity index is 2.44. The second-order valence-electron chi connectivity index (χ2n) is 4.52. The number of methoxy groups -OCH3 is 1. The quantitative estimate of drug-likeness (QED) is 0.909. The summed E-state index contributed by atoms with van der Waals surface area (Å²) in [7, 11) is 3.31. The lowest BCUT2D eigenvalue weighted by atomic mass is 9.98. The van der Waals surface area contributed by atoms with E-state index in [-0.39, 0.29) is 17.6 Å². The van der Waals surface area contributed by atoms with Gasteiger partial charge in [0.2, 0.25) is 0 Å². The van der Waals surface area contributed by atoms with Crippen LogP contribution in [-0.4, -0.2) is 19.1 Å². The van der Waals surface area contributed by atoms with Crippen LogP contribution in [0.4, 0.5) is 4.39 Å². The maximum atomic E-state index is 13.9. The number of benzene rings is 1. The first-order valence-corrected chi connectivity index (χ1v) is 6.65. The average molecular weight is 274 g/mol. The van der Waals surface area contributed by atoms with Crippen molar-refractivity contribution in [2.45, 2.75) is 19.4 Å². The third kappa shape index (κ3) is 2.80. The van der Waals surface area contributed by atoms with Crippen LogP contribution >= 0.6 is 0 Å². The first-order chi connectivity index (χ1) is 9.71. The van der Waals surface area contributed by atoms with Gasteiger partial charge in [0.25, 0.3) is 0 Å². The van der Waals surface area contributed by atoms with Crippen LogP contribution in [0.1, 0.15) is 29.8 Å². The highest BCUT2D eigenvalue weighted by Gasteiger charge is 2.18. The highest BCUT2D eigenvalue weighted by molar-refractivity contribution is 5.37. The number of aromatic nitrogens is 1. The van der Waals surface area contributed by atoms with Gasteiger partial charge in [-0.25, -0.2) is 4.39 Å². The summed E-state index contributed by atoms with van der Waals surface area (Å²) in [5.41, 5.74) is 2.92. The maximum absolute atomic E-state index is 13.9. The molecule has 0 aliphatic rings. The predicted octanol–water partition coefficient (Wildman–Crippen LogP) is 3.10. The molecule has 1 heterocycles. The topological polar surface area (TPSA) is 34.2 Å². The van der Waals surface area contributed by atoms with E-state index in [1.807, 2.05) is 25.2 Å². The molecular formula is C16H19FN2O. The Hall–Kier alpha value is -1.94. The lowest BCUT2D eigenvalue weighted by molar-refractivity contribution is 0.386. The van der Waals surface area contributed by atoms with E-state index in [0.29, 0.717) is 0 Å². The summed E-state index contributed by atoms with van der Waals surface area (Å²) in [4.78, 5) is 4.45. The normalized spacial score (nSPS) is 12.2. The Morgan fingerprint density at radius 1 is 1.35 bits per heavy atom. The maximum Gasteiger partial charge on any atom is 0.165 e. The molecule has 2 rings (SSSR count). The number of rotatable bonds is 5. The number of aryl methyl sites for hydroxylation is 1. The molecule has 0 radical (unpaired) electrons. The zero-order chi connectivity index (χ0) is 14.5. The number of hydrogen-bond acceptors (Lipinski definition) is 3. The van der Waals surface area contributed by atoms with Gasteiger partial charge in [0.1, 0.15) is 0 Å². The minimum absolute atomic E-state index is 0.133. The Bertz CT molecular complexity index is 586. The van der Waals surface area contributed by atoms with Gasteiger partial charge >= 0.3 is 0 Å². The van der Waals surface area contributed by atoms with Crippen molar-refractivity contribution in [1.29, 1.82) is 0 Å². The van der Waals surface area contributed by atoms with E-state index in [0.717, 1.165) is 23.2 Å². The van der Waals surface area contributed by atoms with Crippen LogP contribution in [0, 0.1) is 5.82 Å². The summed E-state index contributed by atoms with van der Waals surface area (Å²) in [5.74, 6) is -0.112. The monoisotopic (exact) mass is 274 g/mol. The highest BCUT2D eigenvalue weighted by atomic mass is 19.1. The fraction of sp³-hybridized carbons (Fsp3) is 0.312. The van der Waals surface area contributed by atoms with E-state index in [4.69, 9.17) is 4.74 Å². The van der Waals surface area contributed by atoms with Gasteiger partial charge in [0.05, 0.1) is 18.8 Å². The minimum atomic E-state index is -0.362. The predicted molar refractivity (Wildman–Crippen MR) is 77.5 cm³/mol. The van der Waals surface area contributed by atoms with Gasteiger partial charge in [-0.05, 0) is 42.8 Å². The van der Waals surface area contributed by atoms with Crippen LogP contribution in [0.15, 0.2) is 36.5 Å². The van der Waals surface area contributed by atoms with Crippen molar-refractivity contribution in [2.75, 3.05) is 14.2 Å². The van der Waals surface area contributed by atoms with Gasteiger partial charge < -0.3 is 10.1 Å². The Morgan fingerprint density at radius 3 is 2.75 bits per heavy atom. The van der Waals surface area contributed by atoms with Crippen LogP contribution in [0.2, 0.25) is 0 Å². The summed E-state index contributed by atoms with van der Waals surface area (Å²) < 4.78 is 18.8. The molecule has 4 heteroatoms. The number of ether oxygens (including phenoxy) is 1. The average Bonchev–Trinajstić information content (AvgIpc) is 2.49. The SMILES string of the molecule is CCc1cccnc1C(NC)c1ccc(OC)c(F)c1. The molecule has 0 fully saturated rings. The first-order valence-electron chi connectivity index (χ1n) is 6.65. The van der Waals surface area contributed by atoms with Crippen LogP contribution in [-0.2, 0) is 6.42 Å². The fourth-order valence-electron chi connectivity index (χ4n) is 2.33. The van der Waals surface area contributed by atoms with Gasteiger partial charge in [-0.3, -0.25) is 4.98 Å². The van der Waals surface area contributed by atoms with Crippen molar-refractivity contribution in [3.05, 3.63) is 59.2 Å². The van der Waals surface area contributed by atoms with Gasteiger partial charge in [0.15, 0.2) is 11.6 Å². The number of nitrogens with zero attached hydrogens (tertiary/aromatic N) is 1. The van der Waals surface area contributed by atoms with Crippen LogP contribution < -0.4 is 10.1 Å². The number of nitrogens with one attached hydrogen (secondary N) is 1. The van der Waals surface area contributed by atoms with E-state index in [9.17, 15) is 4.39 Å². The zero-order valence-electron chi connectivity index (χ0n) is 12.0. The van der Waals surface area contributed by atoms with E-state index in [1.165, 1.54) is 13.2 Å². The molecule has 106 valence electrons. The van der Waals surface area contributed by atoms with Crippen LogP contribution in [0.25, 0.3) is 0 Å². The molecule has 1 aromatic heterocycles. The second kappa shape index (κ2) is 6.48. The van der Waals surface area contributed by atoms with Crippen molar-refractivity contribution in [3.8, 4) is 5.75 Å². The summed E-state index contributed by atoms with van der Waals surface area (Å²) in [6, 6.07) is 8.83. The van der Waals surface area contributed by atoms with Gasteiger partial charge in [-0.15, -0.1) is 0 Å².